The van der Waals surface area contributed by atoms with Gasteiger partial charge in [-0.1, -0.05) is 129 Å². The van der Waals surface area contributed by atoms with Gasteiger partial charge in [-0.2, -0.15) is 0 Å². The maximum Gasteiger partial charge on any atom is 0.132 e. The molecule has 8 nitrogen and oxygen atoms in total. The Balaban J connectivity index is 0.00000105. The number of rotatable bonds is 26. The second-order valence-electron chi connectivity index (χ2n) is 21.1. The number of aryl methyl sites for hydroxylation is 2. The Labute approximate surface area is 441 Å². The molecule has 2 aliphatic heterocycles. The van der Waals surface area contributed by atoms with Crippen molar-refractivity contribution in [2.24, 2.45) is 28.0 Å². The van der Waals surface area contributed by atoms with E-state index in [-0.39, 0.29) is 23.0 Å². The van der Waals surface area contributed by atoms with Crippen molar-refractivity contribution in [1.82, 2.24) is 15.1 Å². The van der Waals surface area contributed by atoms with Gasteiger partial charge in [-0.15, -0.1) is 0 Å². The fraction of sp³-hybridized carbons (Fsp3) is 0.540. The topological polar surface area (TPSA) is 100 Å². The molecule has 2 fully saturated rings. The first kappa shape index (κ1) is 63.9. The largest absolute Gasteiger partial charge is 0.389 e. The molecule has 0 unspecified atom stereocenters. The SMILES string of the molecule is C=C(CCC(C)(C)OCCC(C)(C)C(=C)Cc1c(F)ccc(C)c1F)NCCCCCN(CCC)C(=C)C1=Cc2ccc(-c3cccc(CCC)c3)cc2N=C(N)C1.C=O.C=O.CC.CN1CC(CC2CC2)C1. The van der Waals surface area contributed by atoms with Crippen LogP contribution in [-0.4, -0.2) is 81.2 Å². The Bertz CT molecular complexity index is 2240. The molecule has 73 heavy (non-hydrogen) atoms. The predicted molar refractivity (Wildman–Crippen MR) is 307 cm³/mol. The van der Waals surface area contributed by atoms with Crippen LogP contribution in [0.3, 0.4) is 0 Å². The average molecular weight is 1010 g/mol. The van der Waals surface area contributed by atoms with Crippen molar-refractivity contribution in [2.75, 3.05) is 46.4 Å². The number of amidine groups is 1. The number of allylic oxidation sites excluding steroid dienone is 3. The molecule has 3 N–H and O–H groups in total. The van der Waals surface area contributed by atoms with Gasteiger partial charge in [-0.3, -0.25) is 0 Å². The lowest BCUT2D eigenvalue weighted by Gasteiger charge is -2.36. The van der Waals surface area contributed by atoms with Gasteiger partial charge in [0.2, 0.25) is 0 Å². The third kappa shape index (κ3) is 22.1. The smallest absolute Gasteiger partial charge is 0.132 e. The van der Waals surface area contributed by atoms with E-state index in [2.05, 4.69) is 132 Å². The molecule has 0 atom stereocenters. The molecule has 2 heterocycles. The van der Waals surface area contributed by atoms with Crippen LogP contribution in [0.2, 0.25) is 0 Å². The highest BCUT2D eigenvalue weighted by molar-refractivity contribution is 5.92. The van der Waals surface area contributed by atoms with Gasteiger partial charge >= 0.3 is 0 Å². The summed E-state index contributed by atoms with van der Waals surface area (Å²) in [5.41, 5.74) is 16.0. The number of carbonyl (C=O) groups is 2. The highest BCUT2D eigenvalue weighted by Crippen LogP contribution is 2.38. The molecule has 0 amide bonds. The minimum absolute atomic E-state index is 0.0879. The number of unbranched alkanes of at least 4 members (excludes halogenated alkanes) is 2. The number of benzene rings is 3. The number of halogens is 2. The third-order valence-electron chi connectivity index (χ3n) is 14.0. The summed E-state index contributed by atoms with van der Waals surface area (Å²) < 4.78 is 35.3. The number of carbonyl (C=O) groups excluding carboxylic acids is 2. The van der Waals surface area contributed by atoms with Crippen molar-refractivity contribution < 1.29 is 23.1 Å². The molecule has 6 rings (SSSR count). The van der Waals surface area contributed by atoms with E-state index in [4.69, 9.17) is 25.1 Å². The first-order chi connectivity index (χ1) is 34.9. The van der Waals surface area contributed by atoms with E-state index >= 15 is 0 Å². The van der Waals surface area contributed by atoms with Crippen molar-refractivity contribution in [3.05, 3.63) is 131 Å². The second kappa shape index (κ2) is 32.9. The molecule has 3 aromatic carbocycles. The summed E-state index contributed by atoms with van der Waals surface area (Å²) in [5, 5.41) is 3.53. The molecule has 3 aliphatic rings. The third-order valence-corrected chi connectivity index (χ3v) is 14.0. The molecule has 0 bridgehead atoms. The monoisotopic (exact) mass is 1010 g/mol. The summed E-state index contributed by atoms with van der Waals surface area (Å²) >= 11 is 0. The van der Waals surface area contributed by atoms with Crippen LogP contribution in [0.1, 0.15) is 155 Å². The van der Waals surface area contributed by atoms with E-state index in [9.17, 15) is 8.78 Å². The van der Waals surface area contributed by atoms with Crippen LogP contribution in [0, 0.1) is 35.8 Å². The average Bonchev–Trinajstić information content (AvgIpc) is 4.22. The van der Waals surface area contributed by atoms with Gasteiger partial charge in [-0.25, -0.2) is 13.8 Å². The van der Waals surface area contributed by atoms with Crippen molar-refractivity contribution in [1.29, 1.82) is 0 Å². The Morgan fingerprint density at radius 3 is 2.21 bits per heavy atom. The lowest BCUT2D eigenvalue weighted by molar-refractivity contribution is -0.0987. The van der Waals surface area contributed by atoms with Gasteiger partial charge in [-0.05, 0) is 155 Å². The minimum Gasteiger partial charge on any atom is -0.389 e. The Morgan fingerprint density at radius 1 is 0.877 bits per heavy atom. The number of likely N-dealkylation sites (tertiary alicyclic amines) is 1. The summed E-state index contributed by atoms with van der Waals surface area (Å²) in [6.07, 6.45) is 16.4. The number of nitrogens with one attached hydrogen (secondary N) is 1. The van der Waals surface area contributed by atoms with E-state index < -0.39 is 11.6 Å². The van der Waals surface area contributed by atoms with Gasteiger partial charge < -0.3 is 35.2 Å². The molecule has 0 aromatic heterocycles. The maximum absolute atomic E-state index is 14.6. The van der Waals surface area contributed by atoms with Crippen LogP contribution in [0.25, 0.3) is 17.2 Å². The Hall–Kier alpha value is -5.19. The van der Waals surface area contributed by atoms with Crippen LogP contribution in [0.4, 0.5) is 14.5 Å². The van der Waals surface area contributed by atoms with E-state index in [1.807, 2.05) is 27.4 Å². The van der Waals surface area contributed by atoms with Gasteiger partial charge in [0.05, 0.1) is 11.3 Å². The van der Waals surface area contributed by atoms with Gasteiger partial charge in [0.25, 0.3) is 0 Å². The summed E-state index contributed by atoms with van der Waals surface area (Å²) in [6, 6.07) is 18.1. The lowest BCUT2D eigenvalue weighted by Crippen LogP contribution is -2.43. The number of hydrogen-bond donors (Lipinski definition) is 2. The fourth-order valence-electron chi connectivity index (χ4n) is 9.18. The van der Waals surface area contributed by atoms with Crippen molar-refractivity contribution >= 4 is 31.2 Å². The molecule has 1 saturated carbocycles. The van der Waals surface area contributed by atoms with E-state index in [1.165, 1.54) is 55.6 Å². The molecule has 10 heteroatoms. The molecule has 1 aliphatic carbocycles. The standard InChI is InChI=1S/C51H70F2N4O.C8H15N.C2H6.2CH2O/c1-11-17-40-18-16-19-41(32-40)42-21-22-43-33-44(35-48(54)56-47(43)34-42)39(6)57(28-12-2)29-15-13-14-27-55-38(5)24-25-51(9,10)58-30-26-50(7,8)37(4)31-45-46(52)23-20-36(3)49(45)53;1-9-5-8(6-9)4-7-2-3-7;3*1-2/h16,18-23,32-34,55H,4-6,11-15,17,24-31,35H2,1-3,7-10H3,(H2,54,56);7-8H,2-6H2,1H3;1-2H3;2*1H2. The summed E-state index contributed by atoms with van der Waals surface area (Å²) in [7, 11) is 2.21. The van der Waals surface area contributed by atoms with Crippen LogP contribution < -0.4 is 11.1 Å². The molecular weight excluding hydrogens is 913 g/mol. The quantitative estimate of drug-likeness (QED) is 0.0610. The first-order valence-electron chi connectivity index (χ1n) is 27.0. The molecule has 3 aromatic rings. The zero-order valence-electron chi connectivity index (χ0n) is 47.0. The maximum atomic E-state index is 14.6. The summed E-state index contributed by atoms with van der Waals surface area (Å²) in [5.74, 6) is 1.81. The molecule has 404 valence electrons. The van der Waals surface area contributed by atoms with Crippen LogP contribution in [0.5, 0.6) is 0 Å². The second-order valence-corrected chi connectivity index (χ2v) is 21.1. The highest BCUT2D eigenvalue weighted by atomic mass is 19.1. The number of nitrogens with two attached hydrogens (primary N) is 1. The van der Waals surface area contributed by atoms with Crippen LogP contribution >= 0.6 is 0 Å². The Kier molecular flexibility index (Phi) is 28.8. The first-order valence-corrected chi connectivity index (χ1v) is 27.0. The number of fused-ring (bicyclic) bond motifs is 1. The van der Waals surface area contributed by atoms with Crippen LogP contribution in [0.15, 0.2) is 102 Å². The number of ether oxygens (including phenoxy) is 1. The molecular formula is C63H95F2N5O3. The number of aliphatic imine (C=N–C) groups is 1. The highest BCUT2D eigenvalue weighted by Gasteiger charge is 2.31. The van der Waals surface area contributed by atoms with Crippen molar-refractivity contribution in [3.63, 3.8) is 0 Å². The number of hydrogen-bond acceptors (Lipinski definition) is 8. The molecule has 1 saturated heterocycles. The lowest BCUT2D eigenvalue weighted by atomic mass is 9.79. The normalized spacial score (nSPS) is 14.2. The van der Waals surface area contributed by atoms with Gasteiger partial charge in [0.15, 0.2) is 0 Å². The predicted octanol–water partition coefficient (Wildman–Crippen LogP) is 15.0. The number of nitrogens with zero attached hydrogens (tertiary/aromatic N) is 3. The zero-order chi connectivity index (χ0) is 54.7. The van der Waals surface area contributed by atoms with E-state index in [0.717, 1.165) is 122 Å². The zero-order valence-corrected chi connectivity index (χ0v) is 47.0. The Morgan fingerprint density at radius 2 is 1.56 bits per heavy atom. The van der Waals surface area contributed by atoms with Crippen molar-refractivity contribution in [2.45, 2.75) is 158 Å². The van der Waals surface area contributed by atoms with Crippen LogP contribution in [-0.2, 0) is 27.2 Å². The molecule has 0 spiro atoms. The van der Waals surface area contributed by atoms with E-state index in [0.29, 0.717) is 30.8 Å². The fourth-order valence-corrected chi connectivity index (χ4v) is 9.18. The van der Waals surface area contributed by atoms with E-state index in [1.54, 1.807) is 6.92 Å². The minimum atomic E-state index is -0.525. The van der Waals surface area contributed by atoms with Gasteiger partial charge in [0, 0.05) is 68.3 Å². The molecule has 0 radical (unpaired) electrons. The van der Waals surface area contributed by atoms with Gasteiger partial charge in [0.1, 0.15) is 31.0 Å². The summed E-state index contributed by atoms with van der Waals surface area (Å²) in [4.78, 5) is 25.7. The summed E-state index contributed by atoms with van der Waals surface area (Å²) in [6.45, 7) is 41.5. The van der Waals surface area contributed by atoms with Crippen molar-refractivity contribution in [3.8, 4) is 11.1 Å².